The van der Waals surface area contributed by atoms with Gasteiger partial charge in [-0.25, -0.2) is 0 Å². The van der Waals surface area contributed by atoms with Gasteiger partial charge in [-0.05, 0) is 126 Å². The van der Waals surface area contributed by atoms with Gasteiger partial charge in [-0.2, -0.15) is 0 Å². The zero-order chi connectivity index (χ0) is 35.6. The van der Waals surface area contributed by atoms with Crippen molar-refractivity contribution in [1.29, 1.82) is 0 Å². The number of aliphatic hydroxyl groups excluding tert-OH is 1. The van der Waals surface area contributed by atoms with E-state index in [0.29, 0.717) is 18.4 Å². The second-order valence-corrected chi connectivity index (χ2v) is 12.6. The van der Waals surface area contributed by atoms with Crippen LogP contribution < -0.4 is 5.73 Å². The van der Waals surface area contributed by atoms with Gasteiger partial charge in [0, 0.05) is 35.2 Å². The maximum absolute atomic E-state index is 11.5. The van der Waals surface area contributed by atoms with Crippen LogP contribution in [0.4, 0.5) is 0 Å². The number of aryl methyl sites for hydroxylation is 2. The van der Waals surface area contributed by atoms with Gasteiger partial charge in [0.2, 0.25) is 0 Å². The monoisotopic (exact) mass is 662 g/mol. The van der Waals surface area contributed by atoms with Crippen LogP contribution in [0.15, 0.2) is 179 Å². The maximum atomic E-state index is 11.5. The predicted molar refractivity (Wildman–Crippen MR) is 217 cm³/mol. The summed E-state index contributed by atoms with van der Waals surface area (Å²) in [5.74, 6) is 6.83. The largest absolute Gasteiger partial charge is 0.507 e. The Balaban J connectivity index is 1.41. The molecule has 1 heterocycles. The van der Waals surface area contributed by atoms with Crippen molar-refractivity contribution in [2.75, 3.05) is 0 Å². The van der Waals surface area contributed by atoms with E-state index in [1.54, 1.807) is 6.08 Å². The number of nitrogens with zero attached hydrogens (tertiary/aromatic N) is 1. The highest BCUT2D eigenvalue weighted by molar-refractivity contribution is 6.14. The average molecular weight is 663 g/mol. The Kier molecular flexibility index (Phi) is 11.1. The number of nitrogens with two attached hydrogens (primary N) is 1. The third-order valence-corrected chi connectivity index (χ3v) is 8.95. The Labute approximate surface area is 302 Å². The molecule has 6 rings (SSSR count). The first kappa shape index (κ1) is 34.5. The summed E-state index contributed by atoms with van der Waals surface area (Å²) in [6.07, 6.45) is 20.5. The second-order valence-electron chi connectivity index (χ2n) is 12.6. The van der Waals surface area contributed by atoms with Gasteiger partial charge in [-0.3, -0.25) is 4.99 Å². The van der Waals surface area contributed by atoms with E-state index in [4.69, 9.17) is 10.7 Å². The van der Waals surface area contributed by atoms with Crippen molar-refractivity contribution < 1.29 is 5.11 Å². The van der Waals surface area contributed by atoms with E-state index >= 15 is 0 Å². The van der Waals surface area contributed by atoms with E-state index in [1.165, 1.54) is 28.5 Å². The summed E-state index contributed by atoms with van der Waals surface area (Å²) in [6, 6.07) is 33.7. The minimum Gasteiger partial charge on any atom is -0.507 e. The number of rotatable bonds is 9. The lowest BCUT2D eigenvalue weighted by molar-refractivity contribution is 0.426. The SMILES string of the molecule is C/C=C\C=C(\O)C(=Cc1cccc(C2=CC(c3ccccc3)=N/C(=C/C=C\N)C2)c1)C1=CC(c2ccc(C)c(-c3ccccc3C)c2)=CCC#C1. The van der Waals surface area contributed by atoms with Crippen molar-refractivity contribution in [3.8, 4) is 23.0 Å². The molecule has 0 fully saturated rings. The zero-order valence-corrected chi connectivity index (χ0v) is 29.4. The third-order valence-electron chi connectivity index (χ3n) is 8.95. The molecule has 1 aliphatic carbocycles. The summed E-state index contributed by atoms with van der Waals surface area (Å²) in [5.41, 5.74) is 20.2. The van der Waals surface area contributed by atoms with E-state index in [1.807, 2.05) is 55.5 Å². The normalized spacial score (nSPS) is 15.9. The van der Waals surface area contributed by atoms with Gasteiger partial charge >= 0.3 is 0 Å². The first-order valence-corrected chi connectivity index (χ1v) is 17.3. The molecule has 3 heteroatoms. The minimum absolute atomic E-state index is 0.152. The molecule has 0 aromatic heterocycles. The van der Waals surface area contributed by atoms with Crippen molar-refractivity contribution in [3.63, 3.8) is 0 Å². The Morgan fingerprint density at radius 1 is 0.804 bits per heavy atom. The van der Waals surface area contributed by atoms with Crippen LogP contribution in [0.3, 0.4) is 0 Å². The van der Waals surface area contributed by atoms with E-state index in [0.717, 1.165) is 50.4 Å². The molecule has 1 aliphatic heterocycles. The number of dihydropyridines is 1. The number of hydrogen-bond acceptors (Lipinski definition) is 3. The Hall–Kier alpha value is -6.37. The van der Waals surface area contributed by atoms with Crippen LogP contribution >= 0.6 is 0 Å². The molecule has 4 aromatic carbocycles. The Morgan fingerprint density at radius 2 is 1.59 bits per heavy atom. The number of benzene rings is 4. The molecule has 0 unspecified atom stereocenters. The Morgan fingerprint density at radius 3 is 2.39 bits per heavy atom. The van der Waals surface area contributed by atoms with Crippen molar-refractivity contribution in [1.82, 2.24) is 0 Å². The predicted octanol–water partition coefficient (Wildman–Crippen LogP) is 11.4. The van der Waals surface area contributed by atoms with E-state index < -0.39 is 0 Å². The van der Waals surface area contributed by atoms with Crippen LogP contribution in [-0.4, -0.2) is 10.8 Å². The smallest absolute Gasteiger partial charge is 0.124 e. The fraction of sp³-hybridized carbons (Fsp3) is 0.104. The highest BCUT2D eigenvalue weighted by Crippen LogP contribution is 2.34. The molecular weight excluding hydrogens is 621 g/mol. The summed E-state index contributed by atoms with van der Waals surface area (Å²) < 4.78 is 0. The van der Waals surface area contributed by atoms with Crippen LogP contribution in [0.25, 0.3) is 28.3 Å². The lowest BCUT2D eigenvalue weighted by atomic mass is 9.91. The maximum Gasteiger partial charge on any atom is 0.124 e. The lowest BCUT2D eigenvalue weighted by Gasteiger charge is -2.17. The number of aliphatic imine (C=N–C) groups is 1. The van der Waals surface area contributed by atoms with E-state index in [9.17, 15) is 5.11 Å². The summed E-state index contributed by atoms with van der Waals surface area (Å²) in [6.45, 7) is 6.24. The fourth-order valence-corrected chi connectivity index (χ4v) is 6.28. The molecule has 3 N–H and O–H groups in total. The average Bonchev–Trinajstić information content (AvgIpc) is 3.42. The topological polar surface area (TPSA) is 58.6 Å². The van der Waals surface area contributed by atoms with Crippen LogP contribution in [-0.2, 0) is 0 Å². The molecular formula is C48H42N2O. The molecule has 0 amide bonds. The zero-order valence-electron chi connectivity index (χ0n) is 29.4. The quantitative estimate of drug-likeness (QED) is 0.106. The van der Waals surface area contributed by atoms with Gasteiger partial charge in [-0.1, -0.05) is 115 Å². The van der Waals surface area contributed by atoms with Crippen LogP contribution in [0, 0.1) is 25.7 Å². The molecule has 0 saturated carbocycles. The first-order valence-electron chi connectivity index (χ1n) is 17.3. The fourth-order valence-electron chi connectivity index (χ4n) is 6.28. The van der Waals surface area contributed by atoms with Gasteiger partial charge in [0.05, 0.1) is 5.71 Å². The van der Waals surface area contributed by atoms with E-state index in [-0.39, 0.29) is 5.76 Å². The van der Waals surface area contributed by atoms with Crippen molar-refractivity contribution >= 4 is 22.9 Å². The first-order chi connectivity index (χ1) is 24.9. The van der Waals surface area contributed by atoms with Crippen LogP contribution in [0.1, 0.15) is 53.1 Å². The number of hydrogen-bond donors (Lipinski definition) is 2. The molecule has 0 saturated heterocycles. The molecule has 0 bridgehead atoms. The van der Waals surface area contributed by atoms with Gasteiger partial charge in [0.1, 0.15) is 5.76 Å². The molecule has 0 spiro atoms. The van der Waals surface area contributed by atoms with Crippen molar-refractivity contribution in [3.05, 3.63) is 208 Å². The van der Waals surface area contributed by atoms with Crippen molar-refractivity contribution in [2.45, 2.75) is 33.6 Å². The number of allylic oxidation sites excluding steroid dienone is 11. The minimum atomic E-state index is 0.152. The van der Waals surface area contributed by atoms with Crippen LogP contribution in [0.2, 0.25) is 0 Å². The van der Waals surface area contributed by atoms with Gasteiger partial charge in [0.15, 0.2) is 0 Å². The standard InChI is InChI=1S/C48H42N2O/c1-4-5-24-48(51)46(41-20-11-10-19-39(30-41)40-26-25-35(3)45(32-40)44-23-12-9-15-34(44)2)29-36-16-13-21-38(28-36)42-31-43(22-14-27-49)50-47(33-42)37-17-7-6-8-18-37/h4-9,12-19,21-30,32-33,51H,10,31,49H2,1-3H3/b5-4-,27-14-,43-22+,46-29?,48-24+. The molecule has 250 valence electrons. The Bertz CT molecular complexity index is 2290. The van der Waals surface area contributed by atoms with E-state index in [2.05, 4.69) is 123 Å². The molecule has 0 atom stereocenters. The number of aliphatic hydroxyl groups is 1. The third kappa shape index (κ3) is 8.44. The summed E-state index contributed by atoms with van der Waals surface area (Å²) >= 11 is 0. The molecule has 3 nitrogen and oxygen atoms in total. The highest BCUT2D eigenvalue weighted by atomic mass is 16.3. The molecule has 4 aromatic rings. The summed E-state index contributed by atoms with van der Waals surface area (Å²) in [4.78, 5) is 4.93. The summed E-state index contributed by atoms with van der Waals surface area (Å²) in [5, 5.41) is 11.5. The lowest BCUT2D eigenvalue weighted by Crippen LogP contribution is -2.05. The molecule has 51 heavy (non-hydrogen) atoms. The van der Waals surface area contributed by atoms with Crippen molar-refractivity contribution in [2.24, 2.45) is 10.7 Å². The molecule has 2 aliphatic rings. The second kappa shape index (κ2) is 16.4. The van der Waals surface area contributed by atoms with Crippen LogP contribution in [0.5, 0.6) is 0 Å². The molecule has 0 radical (unpaired) electrons. The highest BCUT2D eigenvalue weighted by Gasteiger charge is 2.16. The van der Waals surface area contributed by atoms with Gasteiger partial charge < -0.3 is 10.8 Å². The van der Waals surface area contributed by atoms with Gasteiger partial charge in [-0.15, -0.1) is 0 Å². The summed E-state index contributed by atoms with van der Waals surface area (Å²) in [7, 11) is 0. The van der Waals surface area contributed by atoms with Gasteiger partial charge in [0.25, 0.3) is 0 Å².